The molecule has 0 radical (unpaired) electrons. The van der Waals surface area contributed by atoms with Crippen molar-refractivity contribution in [3.8, 4) is 17.2 Å². The number of hydrogen-bond acceptors (Lipinski definition) is 3. The topological polar surface area (TPSA) is 66.9 Å². The Balaban J connectivity index is 2.61. The molecule has 0 aromatic heterocycles. The Morgan fingerprint density at radius 1 is 1.12 bits per heavy atom. The number of benzene rings is 2. The SMILES string of the molecule is N#Cc1cccc(-c2ccccc2[N+](=O)[O-])c1. The zero-order valence-electron chi connectivity index (χ0n) is 8.83. The van der Waals surface area contributed by atoms with Gasteiger partial charge in [-0.1, -0.05) is 24.3 Å². The molecule has 2 aromatic rings. The molecule has 0 N–H and O–H groups in total. The van der Waals surface area contributed by atoms with Crippen molar-refractivity contribution in [2.75, 3.05) is 0 Å². The molecule has 4 nitrogen and oxygen atoms in total. The summed E-state index contributed by atoms with van der Waals surface area (Å²) in [6.45, 7) is 0. The van der Waals surface area contributed by atoms with Gasteiger partial charge in [0, 0.05) is 6.07 Å². The highest BCUT2D eigenvalue weighted by atomic mass is 16.6. The van der Waals surface area contributed by atoms with Gasteiger partial charge in [0.2, 0.25) is 0 Å². The number of nitrogens with zero attached hydrogens (tertiary/aromatic N) is 2. The van der Waals surface area contributed by atoms with E-state index in [1.54, 1.807) is 42.5 Å². The summed E-state index contributed by atoms with van der Waals surface area (Å²) in [6.07, 6.45) is 0. The average Bonchev–Trinajstić information content (AvgIpc) is 2.39. The Labute approximate surface area is 97.9 Å². The summed E-state index contributed by atoms with van der Waals surface area (Å²) in [5.41, 5.74) is 1.73. The van der Waals surface area contributed by atoms with Crippen LogP contribution in [0.4, 0.5) is 5.69 Å². The maximum atomic E-state index is 10.9. The highest BCUT2D eigenvalue weighted by Crippen LogP contribution is 2.29. The van der Waals surface area contributed by atoms with Gasteiger partial charge in [0.25, 0.3) is 5.69 Å². The van der Waals surface area contributed by atoms with Crippen LogP contribution in [0.15, 0.2) is 48.5 Å². The fourth-order valence-electron chi connectivity index (χ4n) is 1.63. The Morgan fingerprint density at radius 3 is 2.59 bits per heavy atom. The molecule has 0 aliphatic carbocycles. The minimum Gasteiger partial charge on any atom is -0.258 e. The lowest BCUT2D eigenvalue weighted by atomic mass is 10.0. The lowest BCUT2D eigenvalue weighted by Gasteiger charge is -2.02. The van der Waals surface area contributed by atoms with Crippen LogP contribution in [-0.4, -0.2) is 4.92 Å². The van der Waals surface area contributed by atoms with E-state index >= 15 is 0 Å². The molecule has 0 bridgehead atoms. The Morgan fingerprint density at radius 2 is 1.88 bits per heavy atom. The van der Waals surface area contributed by atoms with Crippen LogP contribution in [0.2, 0.25) is 0 Å². The lowest BCUT2D eigenvalue weighted by molar-refractivity contribution is -0.384. The molecule has 0 atom stereocenters. The van der Waals surface area contributed by atoms with E-state index in [1.807, 2.05) is 6.07 Å². The summed E-state index contributed by atoms with van der Waals surface area (Å²) in [4.78, 5) is 10.5. The van der Waals surface area contributed by atoms with E-state index in [0.717, 1.165) is 0 Å². The minimum atomic E-state index is -0.422. The van der Waals surface area contributed by atoms with Crippen LogP contribution in [0.1, 0.15) is 5.56 Å². The van der Waals surface area contributed by atoms with Crippen molar-refractivity contribution in [1.29, 1.82) is 5.26 Å². The van der Waals surface area contributed by atoms with Gasteiger partial charge in [-0.05, 0) is 23.8 Å². The second kappa shape index (κ2) is 4.45. The van der Waals surface area contributed by atoms with Crippen LogP contribution in [0.25, 0.3) is 11.1 Å². The largest absolute Gasteiger partial charge is 0.277 e. The Kier molecular flexibility index (Phi) is 2.84. The van der Waals surface area contributed by atoms with Gasteiger partial charge in [-0.2, -0.15) is 5.26 Å². The van der Waals surface area contributed by atoms with Crippen LogP contribution in [0, 0.1) is 21.4 Å². The van der Waals surface area contributed by atoms with E-state index in [9.17, 15) is 10.1 Å². The fourth-order valence-corrected chi connectivity index (χ4v) is 1.63. The number of nitro benzene ring substituents is 1. The van der Waals surface area contributed by atoms with Crippen LogP contribution in [-0.2, 0) is 0 Å². The molecule has 0 saturated heterocycles. The predicted octanol–water partition coefficient (Wildman–Crippen LogP) is 3.13. The standard InChI is InChI=1S/C13H8N2O2/c14-9-10-4-3-5-11(8-10)12-6-1-2-7-13(12)15(16)17/h1-8H. The average molecular weight is 224 g/mol. The second-order valence-corrected chi connectivity index (χ2v) is 3.47. The number of para-hydroxylation sites is 1. The maximum Gasteiger partial charge on any atom is 0.277 e. The van der Waals surface area contributed by atoms with Gasteiger partial charge in [-0.15, -0.1) is 0 Å². The molecule has 0 amide bonds. The van der Waals surface area contributed by atoms with Gasteiger partial charge in [-0.3, -0.25) is 10.1 Å². The molecular formula is C13H8N2O2. The van der Waals surface area contributed by atoms with Crippen LogP contribution in [0.3, 0.4) is 0 Å². The van der Waals surface area contributed by atoms with Crippen molar-refractivity contribution in [1.82, 2.24) is 0 Å². The summed E-state index contributed by atoms with van der Waals surface area (Å²) in [6, 6.07) is 15.3. The first-order chi connectivity index (χ1) is 8.22. The minimum absolute atomic E-state index is 0.0441. The first-order valence-electron chi connectivity index (χ1n) is 4.96. The van der Waals surface area contributed by atoms with E-state index in [2.05, 4.69) is 0 Å². The Hall–Kier alpha value is -2.67. The molecule has 82 valence electrons. The van der Waals surface area contributed by atoms with E-state index in [0.29, 0.717) is 16.7 Å². The maximum absolute atomic E-state index is 10.9. The van der Waals surface area contributed by atoms with Gasteiger partial charge in [0.05, 0.1) is 22.1 Å². The van der Waals surface area contributed by atoms with Crippen molar-refractivity contribution in [3.63, 3.8) is 0 Å². The second-order valence-electron chi connectivity index (χ2n) is 3.47. The molecule has 0 heterocycles. The summed E-state index contributed by atoms with van der Waals surface area (Å²) in [5, 5.41) is 19.7. The van der Waals surface area contributed by atoms with Gasteiger partial charge in [-0.25, -0.2) is 0 Å². The third kappa shape index (κ3) is 2.13. The highest BCUT2D eigenvalue weighted by molar-refractivity contribution is 5.74. The first kappa shape index (κ1) is 10.8. The quantitative estimate of drug-likeness (QED) is 0.581. The van der Waals surface area contributed by atoms with Gasteiger partial charge in [0.15, 0.2) is 0 Å². The van der Waals surface area contributed by atoms with E-state index in [-0.39, 0.29) is 5.69 Å². The third-order valence-corrected chi connectivity index (χ3v) is 2.40. The molecule has 0 unspecified atom stereocenters. The molecule has 2 aromatic carbocycles. The molecule has 0 aliphatic heterocycles. The lowest BCUT2D eigenvalue weighted by Crippen LogP contribution is -1.91. The summed E-state index contributed by atoms with van der Waals surface area (Å²) >= 11 is 0. The summed E-state index contributed by atoms with van der Waals surface area (Å²) in [5.74, 6) is 0. The normalized spacial score (nSPS) is 9.59. The summed E-state index contributed by atoms with van der Waals surface area (Å²) in [7, 11) is 0. The van der Waals surface area contributed by atoms with Crippen molar-refractivity contribution in [2.24, 2.45) is 0 Å². The molecule has 0 fully saturated rings. The van der Waals surface area contributed by atoms with E-state index < -0.39 is 4.92 Å². The molecule has 4 heteroatoms. The van der Waals surface area contributed by atoms with E-state index in [4.69, 9.17) is 5.26 Å². The zero-order chi connectivity index (χ0) is 12.3. The van der Waals surface area contributed by atoms with Gasteiger partial charge in [0.1, 0.15) is 0 Å². The number of nitro groups is 1. The fraction of sp³-hybridized carbons (Fsp3) is 0. The Bertz CT molecular complexity index is 615. The van der Waals surface area contributed by atoms with Gasteiger partial charge < -0.3 is 0 Å². The van der Waals surface area contributed by atoms with Crippen LogP contribution < -0.4 is 0 Å². The molecular weight excluding hydrogens is 216 g/mol. The molecule has 2 rings (SSSR count). The van der Waals surface area contributed by atoms with Crippen molar-refractivity contribution in [2.45, 2.75) is 0 Å². The molecule has 17 heavy (non-hydrogen) atoms. The predicted molar refractivity (Wildman–Crippen MR) is 63.2 cm³/mol. The first-order valence-corrected chi connectivity index (χ1v) is 4.96. The number of rotatable bonds is 2. The van der Waals surface area contributed by atoms with Crippen molar-refractivity contribution >= 4 is 5.69 Å². The van der Waals surface area contributed by atoms with Crippen molar-refractivity contribution in [3.05, 3.63) is 64.2 Å². The third-order valence-electron chi connectivity index (χ3n) is 2.40. The summed E-state index contributed by atoms with van der Waals surface area (Å²) < 4.78 is 0. The zero-order valence-corrected chi connectivity index (χ0v) is 8.83. The van der Waals surface area contributed by atoms with Crippen LogP contribution in [0.5, 0.6) is 0 Å². The molecule has 0 spiro atoms. The number of nitriles is 1. The van der Waals surface area contributed by atoms with Gasteiger partial charge >= 0.3 is 0 Å². The molecule has 0 aliphatic rings. The highest BCUT2D eigenvalue weighted by Gasteiger charge is 2.13. The smallest absolute Gasteiger partial charge is 0.258 e. The number of hydrogen-bond donors (Lipinski definition) is 0. The van der Waals surface area contributed by atoms with E-state index in [1.165, 1.54) is 6.07 Å². The monoisotopic (exact) mass is 224 g/mol. The van der Waals surface area contributed by atoms with Crippen molar-refractivity contribution < 1.29 is 4.92 Å². The molecule has 0 saturated carbocycles. The van der Waals surface area contributed by atoms with Crippen LogP contribution >= 0.6 is 0 Å².